The molecule has 0 atom stereocenters. The van der Waals surface area contributed by atoms with Crippen LogP contribution < -0.4 is 0 Å². The third kappa shape index (κ3) is 2.28. The van der Waals surface area contributed by atoms with E-state index in [1.54, 1.807) is 18.2 Å². The molecule has 0 spiro atoms. The minimum atomic E-state index is -0.956. The van der Waals surface area contributed by atoms with Gasteiger partial charge in [-0.2, -0.15) is 0 Å². The van der Waals surface area contributed by atoms with Gasteiger partial charge in [-0.25, -0.2) is 9.78 Å². The van der Waals surface area contributed by atoms with Crippen LogP contribution in [0.1, 0.15) is 15.9 Å². The summed E-state index contributed by atoms with van der Waals surface area (Å²) in [5.74, 6) is -0.197. The zero-order valence-electron chi connectivity index (χ0n) is 11.6. The van der Waals surface area contributed by atoms with E-state index in [4.69, 9.17) is 16.7 Å². The molecule has 1 heterocycles. The summed E-state index contributed by atoms with van der Waals surface area (Å²) in [5, 5.41) is 9.74. The Labute approximate surface area is 126 Å². The molecule has 0 aliphatic heterocycles. The molecule has 1 aromatic heterocycles. The summed E-state index contributed by atoms with van der Waals surface area (Å²) in [6.45, 7) is 1.94. The molecule has 21 heavy (non-hydrogen) atoms. The van der Waals surface area contributed by atoms with Crippen molar-refractivity contribution in [2.45, 2.75) is 6.92 Å². The number of imidazole rings is 1. The Morgan fingerprint density at radius 2 is 2.00 bits per heavy atom. The van der Waals surface area contributed by atoms with E-state index in [2.05, 4.69) is 4.98 Å². The number of nitrogens with zero attached hydrogens (tertiary/aromatic N) is 2. The Morgan fingerprint density at radius 1 is 1.24 bits per heavy atom. The summed E-state index contributed by atoms with van der Waals surface area (Å²) in [7, 11) is 1.90. The molecule has 106 valence electrons. The molecule has 0 unspecified atom stereocenters. The van der Waals surface area contributed by atoms with Crippen molar-refractivity contribution in [3.8, 4) is 11.4 Å². The first-order valence-corrected chi connectivity index (χ1v) is 6.81. The van der Waals surface area contributed by atoms with Crippen LogP contribution in [0.15, 0.2) is 36.4 Å². The number of aromatic carboxylic acids is 1. The molecule has 0 saturated carbocycles. The van der Waals surface area contributed by atoms with E-state index in [0.29, 0.717) is 10.5 Å². The molecule has 0 fully saturated rings. The molecule has 1 N–H and O–H groups in total. The van der Waals surface area contributed by atoms with Crippen molar-refractivity contribution in [3.05, 3.63) is 52.5 Å². The largest absolute Gasteiger partial charge is 0.478 e. The lowest BCUT2D eigenvalue weighted by atomic mass is 10.1. The Morgan fingerprint density at radius 3 is 2.67 bits per heavy atom. The van der Waals surface area contributed by atoms with Crippen molar-refractivity contribution >= 4 is 28.6 Å². The van der Waals surface area contributed by atoms with Gasteiger partial charge in [0.05, 0.1) is 16.6 Å². The first-order chi connectivity index (χ1) is 9.97. The fourth-order valence-electron chi connectivity index (χ4n) is 2.32. The van der Waals surface area contributed by atoms with Crippen LogP contribution in [0, 0.1) is 6.92 Å². The van der Waals surface area contributed by atoms with Crippen molar-refractivity contribution in [3.63, 3.8) is 0 Å². The number of carboxylic acids is 1. The van der Waals surface area contributed by atoms with Gasteiger partial charge in [0, 0.05) is 17.6 Å². The van der Waals surface area contributed by atoms with E-state index >= 15 is 0 Å². The number of halogens is 1. The number of benzene rings is 2. The van der Waals surface area contributed by atoms with Gasteiger partial charge in [0.1, 0.15) is 5.82 Å². The van der Waals surface area contributed by atoms with Crippen molar-refractivity contribution in [2.75, 3.05) is 0 Å². The monoisotopic (exact) mass is 300 g/mol. The molecule has 3 aromatic rings. The molecule has 0 aliphatic rings. The fourth-order valence-corrected chi connectivity index (χ4v) is 2.50. The van der Waals surface area contributed by atoms with Crippen molar-refractivity contribution < 1.29 is 9.90 Å². The minimum Gasteiger partial charge on any atom is -0.478 e. The summed E-state index contributed by atoms with van der Waals surface area (Å²) >= 11 is 6.17. The first kappa shape index (κ1) is 13.6. The predicted octanol–water partition coefficient (Wildman–Crippen LogP) is 3.90. The van der Waals surface area contributed by atoms with E-state index in [0.717, 1.165) is 22.5 Å². The standard InChI is InChI=1S/C16H13ClN2O2/c1-9-3-4-10(7-12(9)17)15-18-13-8-11(16(20)21)5-6-14(13)19(15)2/h3-8H,1-2H3,(H,20,21). The zero-order chi connectivity index (χ0) is 15.1. The molecule has 3 rings (SSSR count). The molecule has 0 bridgehead atoms. The SMILES string of the molecule is Cc1ccc(-c2nc3cc(C(=O)O)ccc3n2C)cc1Cl. The third-order valence-electron chi connectivity index (χ3n) is 3.56. The summed E-state index contributed by atoms with van der Waals surface area (Å²) in [6, 6.07) is 10.7. The van der Waals surface area contributed by atoms with Crippen LogP contribution >= 0.6 is 11.6 Å². The normalized spacial score (nSPS) is 11.0. The average molecular weight is 301 g/mol. The lowest BCUT2D eigenvalue weighted by Gasteiger charge is -2.04. The highest BCUT2D eigenvalue weighted by Gasteiger charge is 2.13. The number of aryl methyl sites for hydroxylation is 2. The highest BCUT2D eigenvalue weighted by atomic mass is 35.5. The fraction of sp³-hybridized carbons (Fsp3) is 0.125. The number of carboxylic acid groups (broad SMARTS) is 1. The number of rotatable bonds is 2. The number of fused-ring (bicyclic) bond motifs is 1. The van der Waals surface area contributed by atoms with Crippen LogP contribution in [0.25, 0.3) is 22.4 Å². The molecule has 0 amide bonds. The Hall–Kier alpha value is -2.33. The van der Waals surface area contributed by atoms with E-state index < -0.39 is 5.97 Å². The second-order valence-corrected chi connectivity index (χ2v) is 5.37. The summed E-state index contributed by atoms with van der Waals surface area (Å²) in [5.41, 5.74) is 3.68. The second-order valence-electron chi connectivity index (χ2n) is 4.97. The van der Waals surface area contributed by atoms with Gasteiger partial charge in [0.25, 0.3) is 0 Å². The number of hydrogen-bond donors (Lipinski definition) is 1. The molecule has 0 aliphatic carbocycles. The van der Waals surface area contributed by atoms with Crippen LogP contribution in [0.4, 0.5) is 0 Å². The van der Waals surface area contributed by atoms with Gasteiger partial charge >= 0.3 is 5.97 Å². The topological polar surface area (TPSA) is 55.1 Å². The summed E-state index contributed by atoms with van der Waals surface area (Å²) < 4.78 is 1.93. The lowest BCUT2D eigenvalue weighted by Crippen LogP contribution is -1.95. The predicted molar refractivity (Wildman–Crippen MR) is 82.9 cm³/mol. The highest BCUT2D eigenvalue weighted by molar-refractivity contribution is 6.31. The smallest absolute Gasteiger partial charge is 0.335 e. The van der Waals surface area contributed by atoms with E-state index in [1.165, 1.54) is 0 Å². The molecule has 0 radical (unpaired) electrons. The van der Waals surface area contributed by atoms with Gasteiger partial charge in [0.2, 0.25) is 0 Å². The maximum Gasteiger partial charge on any atom is 0.335 e. The van der Waals surface area contributed by atoms with Gasteiger partial charge in [-0.05, 0) is 36.8 Å². The number of hydrogen-bond acceptors (Lipinski definition) is 2. The lowest BCUT2D eigenvalue weighted by molar-refractivity contribution is 0.0697. The van der Waals surface area contributed by atoms with Crippen LogP contribution in [-0.2, 0) is 7.05 Å². The maximum absolute atomic E-state index is 11.0. The van der Waals surface area contributed by atoms with Gasteiger partial charge in [-0.15, -0.1) is 0 Å². The summed E-state index contributed by atoms with van der Waals surface area (Å²) in [4.78, 5) is 15.6. The Kier molecular flexibility index (Phi) is 3.18. The molecular weight excluding hydrogens is 288 g/mol. The van der Waals surface area contributed by atoms with E-state index in [1.807, 2.05) is 36.7 Å². The molecule has 5 heteroatoms. The Balaban J connectivity index is 2.21. The molecule has 0 saturated heterocycles. The van der Waals surface area contributed by atoms with Crippen LogP contribution in [0.2, 0.25) is 5.02 Å². The van der Waals surface area contributed by atoms with Gasteiger partial charge < -0.3 is 9.67 Å². The van der Waals surface area contributed by atoms with Crippen molar-refractivity contribution in [1.29, 1.82) is 0 Å². The van der Waals surface area contributed by atoms with E-state index in [9.17, 15) is 4.79 Å². The first-order valence-electron chi connectivity index (χ1n) is 6.43. The minimum absolute atomic E-state index is 0.231. The average Bonchev–Trinajstić information content (AvgIpc) is 2.78. The van der Waals surface area contributed by atoms with Gasteiger partial charge in [-0.3, -0.25) is 0 Å². The quantitative estimate of drug-likeness (QED) is 0.781. The second kappa shape index (κ2) is 4.90. The molecule has 4 nitrogen and oxygen atoms in total. The molecular formula is C16H13ClN2O2. The van der Waals surface area contributed by atoms with Crippen LogP contribution in [0.5, 0.6) is 0 Å². The van der Waals surface area contributed by atoms with Crippen LogP contribution in [-0.4, -0.2) is 20.6 Å². The van der Waals surface area contributed by atoms with Crippen molar-refractivity contribution in [1.82, 2.24) is 9.55 Å². The maximum atomic E-state index is 11.0. The molecule has 2 aromatic carbocycles. The zero-order valence-corrected chi connectivity index (χ0v) is 12.3. The van der Waals surface area contributed by atoms with Crippen LogP contribution in [0.3, 0.4) is 0 Å². The Bertz CT molecular complexity index is 868. The van der Waals surface area contributed by atoms with E-state index in [-0.39, 0.29) is 5.56 Å². The highest BCUT2D eigenvalue weighted by Crippen LogP contribution is 2.27. The summed E-state index contributed by atoms with van der Waals surface area (Å²) in [6.07, 6.45) is 0. The number of carbonyl (C=O) groups is 1. The van der Waals surface area contributed by atoms with Crippen molar-refractivity contribution in [2.24, 2.45) is 7.05 Å². The number of aromatic nitrogens is 2. The van der Waals surface area contributed by atoms with Gasteiger partial charge in [0.15, 0.2) is 0 Å². The van der Waals surface area contributed by atoms with Gasteiger partial charge in [-0.1, -0.05) is 23.7 Å². The third-order valence-corrected chi connectivity index (χ3v) is 3.97.